The fourth-order valence-corrected chi connectivity index (χ4v) is 1.79. The predicted octanol–water partition coefficient (Wildman–Crippen LogP) is 1.76. The molecule has 2 N–H and O–H groups in total. The second-order valence-electron chi connectivity index (χ2n) is 3.72. The van der Waals surface area contributed by atoms with Crippen LogP contribution < -0.4 is 5.73 Å². The van der Waals surface area contributed by atoms with Gasteiger partial charge >= 0.3 is 0 Å². The van der Waals surface area contributed by atoms with E-state index in [0.29, 0.717) is 24.9 Å². The minimum Gasteiger partial charge on any atom is -0.383 e. The van der Waals surface area contributed by atoms with Crippen LogP contribution in [0.1, 0.15) is 11.3 Å². The Labute approximate surface area is 93.1 Å². The largest absolute Gasteiger partial charge is 0.383 e. The SMILES string of the molecule is Nc1nc(-c2ccccc2)nc2c1COC2. The average molecular weight is 213 g/mol. The molecule has 0 amide bonds. The number of nitrogen functional groups attached to an aromatic ring is 1. The number of anilines is 1. The number of nitrogens with zero attached hydrogens (tertiary/aromatic N) is 2. The lowest BCUT2D eigenvalue weighted by molar-refractivity contribution is 0.133. The molecular formula is C12H11N3O. The third-order valence-electron chi connectivity index (χ3n) is 2.64. The standard InChI is InChI=1S/C12H11N3O/c13-11-9-6-16-7-10(9)14-12(15-11)8-4-2-1-3-5-8/h1-5H,6-7H2,(H2,13,14,15). The lowest BCUT2D eigenvalue weighted by Gasteiger charge is -2.05. The number of aromatic nitrogens is 2. The molecule has 1 aliphatic heterocycles. The molecule has 0 spiro atoms. The Morgan fingerprint density at radius 2 is 1.88 bits per heavy atom. The molecule has 1 aromatic carbocycles. The van der Waals surface area contributed by atoms with Crippen molar-refractivity contribution in [3.05, 3.63) is 41.6 Å². The van der Waals surface area contributed by atoms with Gasteiger partial charge in [-0.25, -0.2) is 9.97 Å². The van der Waals surface area contributed by atoms with Gasteiger partial charge < -0.3 is 10.5 Å². The normalized spacial score (nSPS) is 13.8. The summed E-state index contributed by atoms with van der Waals surface area (Å²) < 4.78 is 5.30. The second kappa shape index (κ2) is 3.57. The highest BCUT2D eigenvalue weighted by molar-refractivity contribution is 5.58. The van der Waals surface area contributed by atoms with Crippen LogP contribution in [0, 0.1) is 0 Å². The maximum Gasteiger partial charge on any atom is 0.161 e. The lowest BCUT2D eigenvalue weighted by Crippen LogP contribution is -2.02. The molecule has 4 nitrogen and oxygen atoms in total. The van der Waals surface area contributed by atoms with Gasteiger partial charge in [0.1, 0.15) is 5.82 Å². The molecule has 1 aliphatic rings. The molecule has 16 heavy (non-hydrogen) atoms. The minimum atomic E-state index is 0.524. The van der Waals surface area contributed by atoms with Crippen LogP contribution in [0.5, 0.6) is 0 Å². The third kappa shape index (κ3) is 1.44. The summed E-state index contributed by atoms with van der Waals surface area (Å²) in [5.74, 6) is 1.20. The molecule has 1 aromatic heterocycles. The quantitative estimate of drug-likeness (QED) is 0.784. The van der Waals surface area contributed by atoms with Crippen LogP contribution in [0.3, 0.4) is 0 Å². The number of hydrogen-bond acceptors (Lipinski definition) is 4. The van der Waals surface area contributed by atoms with E-state index in [-0.39, 0.29) is 0 Å². The van der Waals surface area contributed by atoms with E-state index in [2.05, 4.69) is 9.97 Å². The summed E-state index contributed by atoms with van der Waals surface area (Å²) in [5.41, 5.74) is 8.69. The molecule has 0 saturated heterocycles. The van der Waals surface area contributed by atoms with Crippen LogP contribution in [-0.4, -0.2) is 9.97 Å². The molecule has 80 valence electrons. The summed E-state index contributed by atoms with van der Waals surface area (Å²) >= 11 is 0. The highest BCUT2D eigenvalue weighted by Gasteiger charge is 2.18. The Kier molecular flexibility index (Phi) is 2.08. The van der Waals surface area contributed by atoms with Gasteiger partial charge in [0.2, 0.25) is 0 Å². The Hall–Kier alpha value is -1.94. The molecule has 3 rings (SSSR count). The van der Waals surface area contributed by atoms with Crippen molar-refractivity contribution in [3.8, 4) is 11.4 Å². The van der Waals surface area contributed by atoms with E-state index in [1.807, 2.05) is 30.3 Å². The number of hydrogen-bond donors (Lipinski definition) is 1. The molecule has 0 aliphatic carbocycles. The molecule has 2 aromatic rings. The Balaban J connectivity index is 2.13. The first-order chi connectivity index (χ1) is 7.84. The summed E-state index contributed by atoms with van der Waals surface area (Å²) in [4.78, 5) is 8.77. The van der Waals surface area contributed by atoms with E-state index in [0.717, 1.165) is 16.8 Å². The van der Waals surface area contributed by atoms with Crippen molar-refractivity contribution in [2.75, 3.05) is 5.73 Å². The van der Waals surface area contributed by atoms with Gasteiger partial charge in [0.15, 0.2) is 5.82 Å². The van der Waals surface area contributed by atoms with E-state index in [1.165, 1.54) is 0 Å². The number of nitrogens with two attached hydrogens (primary N) is 1. The fraction of sp³-hybridized carbons (Fsp3) is 0.167. The zero-order valence-electron chi connectivity index (χ0n) is 8.68. The molecule has 0 unspecified atom stereocenters. The van der Waals surface area contributed by atoms with E-state index in [9.17, 15) is 0 Å². The van der Waals surface area contributed by atoms with Crippen LogP contribution in [0.2, 0.25) is 0 Å². The lowest BCUT2D eigenvalue weighted by atomic mass is 10.2. The molecule has 0 bridgehead atoms. The van der Waals surface area contributed by atoms with Gasteiger partial charge in [-0.1, -0.05) is 30.3 Å². The molecular weight excluding hydrogens is 202 g/mol. The van der Waals surface area contributed by atoms with Gasteiger partial charge in [-0.2, -0.15) is 0 Å². The third-order valence-corrected chi connectivity index (χ3v) is 2.64. The van der Waals surface area contributed by atoms with Crippen molar-refractivity contribution < 1.29 is 4.74 Å². The van der Waals surface area contributed by atoms with Gasteiger partial charge in [-0.3, -0.25) is 0 Å². The highest BCUT2D eigenvalue weighted by Crippen LogP contribution is 2.25. The van der Waals surface area contributed by atoms with Gasteiger partial charge in [-0.15, -0.1) is 0 Å². The number of ether oxygens (including phenoxy) is 1. The van der Waals surface area contributed by atoms with Gasteiger partial charge in [-0.05, 0) is 0 Å². The molecule has 4 heteroatoms. The van der Waals surface area contributed by atoms with Crippen LogP contribution in [0.25, 0.3) is 11.4 Å². The molecule has 2 heterocycles. The molecule has 0 atom stereocenters. The van der Waals surface area contributed by atoms with E-state index in [4.69, 9.17) is 10.5 Å². The number of rotatable bonds is 1. The smallest absolute Gasteiger partial charge is 0.161 e. The van der Waals surface area contributed by atoms with Crippen LogP contribution in [-0.2, 0) is 18.0 Å². The maximum atomic E-state index is 5.88. The molecule has 0 fully saturated rings. The summed E-state index contributed by atoms with van der Waals surface area (Å²) in [6, 6.07) is 9.81. The van der Waals surface area contributed by atoms with Gasteiger partial charge in [0, 0.05) is 11.1 Å². The zero-order valence-corrected chi connectivity index (χ0v) is 8.68. The highest BCUT2D eigenvalue weighted by atomic mass is 16.5. The predicted molar refractivity (Wildman–Crippen MR) is 60.4 cm³/mol. The first-order valence-corrected chi connectivity index (χ1v) is 5.13. The monoisotopic (exact) mass is 213 g/mol. The first kappa shape index (κ1) is 9.30. The van der Waals surface area contributed by atoms with Crippen molar-refractivity contribution in [2.24, 2.45) is 0 Å². The maximum absolute atomic E-state index is 5.88. The van der Waals surface area contributed by atoms with Crippen molar-refractivity contribution in [1.82, 2.24) is 9.97 Å². The summed E-state index contributed by atoms with van der Waals surface area (Å²) in [6.07, 6.45) is 0. The van der Waals surface area contributed by atoms with E-state index < -0.39 is 0 Å². The van der Waals surface area contributed by atoms with Crippen molar-refractivity contribution in [3.63, 3.8) is 0 Å². The zero-order chi connectivity index (χ0) is 11.0. The second-order valence-corrected chi connectivity index (χ2v) is 3.72. The average Bonchev–Trinajstić information content (AvgIpc) is 2.79. The summed E-state index contributed by atoms with van der Waals surface area (Å²) in [7, 11) is 0. The van der Waals surface area contributed by atoms with Gasteiger partial charge in [0.25, 0.3) is 0 Å². The molecule has 0 radical (unpaired) electrons. The number of benzene rings is 1. The van der Waals surface area contributed by atoms with Gasteiger partial charge in [0.05, 0.1) is 18.9 Å². The van der Waals surface area contributed by atoms with Crippen molar-refractivity contribution in [1.29, 1.82) is 0 Å². The van der Waals surface area contributed by atoms with Crippen molar-refractivity contribution >= 4 is 5.82 Å². The topological polar surface area (TPSA) is 61.0 Å². The Bertz CT molecular complexity index is 525. The fourth-order valence-electron chi connectivity index (χ4n) is 1.79. The Morgan fingerprint density at radius 1 is 1.06 bits per heavy atom. The van der Waals surface area contributed by atoms with Crippen LogP contribution in [0.4, 0.5) is 5.82 Å². The summed E-state index contributed by atoms with van der Waals surface area (Å²) in [5, 5.41) is 0. The van der Waals surface area contributed by atoms with E-state index in [1.54, 1.807) is 0 Å². The molecule has 0 saturated carbocycles. The van der Waals surface area contributed by atoms with Crippen LogP contribution >= 0.6 is 0 Å². The number of fused-ring (bicyclic) bond motifs is 1. The summed E-state index contributed by atoms with van der Waals surface area (Å²) in [6.45, 7) is 1.05. The van der Waals surface area contributed by atoms with Crippen LogP contribution in [0.15, 0.2) is 30.3 Å². The van der Waals surface area contributed by atoms with E-state index >= 15 is 0 Å². The minimum absolute atomic E-state index is 0.524. The van der Waals surface area contributed by atoms with Crippen molar-refractivity contribution in [2.45, 2.75) is 13.2 Å². The first-order valence-electron chi connectivity index (χ1n) is 5.13. The Morgan fingerprint density at radius 3 is 2.69 bits per heavy atom.